The molecule has 2 aromatic rings. The first-order chi connectivity index (χ1) is 16.0. The third kappa shape index (κ3) is 7.59. The van der Waals surface area contributed by atoms with E-state index in [1.807, 2.05) is 24.3 Å². The number of nitrogens with one attached hydrogen (secondary N) is 1. The average Bonchev–Trinajstić information content (AvgIpc) is 2.81. The topological polar surface area (TPSA) is 21.8 Å². The van der Waals surface area contributed by atoms with E-state index in [0.717, 1.165) is 62.9 Å². The SMILES string of the molecule is CCCN1CCCc2cc(CN(CCCN(CC)CC)C(=S)Nc3cccc(Cl)c3)ccc21. The minimum atomic E-state index is 0.710. The Morgan fingerprint density at radius 2 is 1.91 bits per heavy atom. The largest absolute Gasteiger partial charge is 0.371 e. The van der Waals surface area contributed by atoms with Gasteiger partial charge >= 0.3 is 0 Å². The average molecular weight is 487 g/mol. The molecule has 1 aliphatic heterocycles. The molecule has 1 heterocycles. The van der Waals surface area contributed by atoms with Crippen LogP contribution in [0.1, 0.15) is 51.2 Å². The number of nitrogens with zero attached hydrogens (tertiary/aromatic N) is 3. The molecule has 0 radical (unpaired) electrons. The van der Waals surface area contributed by atoms with Crippen LogP contribution in [0.15, 0.2) is 42.5 Å². The Balaban J connectivity index is 1.73. The minimum absolute atomic E-state index is 0.710. The highest BCUT2D eigenvalue weighted by atomic mass is 35.5. The monoisotopic (exact) mass is 486 g/mol. The standard InChI is InChI=1S/C27H39ClN4S/c1-4-15-31-17-8-10-23-19-22(13-14-26(23)31)21-32(18-9-16-30(5-2)6-3)27(33)29-25-12-7-11-24(28)20-25/h7,11-14,19-20H,4-6,8-10,15-18,21H2,1-3H3,(H,29,33). The first-order valence-corrected chi connectivity index (χ1v) is 13.2. The van der Waals surface area contributed by atoms with Crippen molar-refractivity contribution in [2.45, 2.75) is 53.0 Å². The van der Waals surface area contributed by atoms with Crippen molar-refractivity contribution < 1.29 is 0 Å². The maximum absolute atomic E-state index is 6.18. The molecule has 180 valence electrons. The van der Waals surface area contributed by atoms with Gasteiger partial charge in [-0.05, 0) is 92.9 Å². The first-order valence-electron chi connectivity index (χ1n) is 12.4. The van der Waals surface area contributed by atoms with E-state index in [-0.39, 0.29) is 0 Å². The van der Waals surface area contributed by atoms with Crippen molar-refractivity contribution >= 4 is 40.3 Å². The van der Waals surface area contributed by atoms with Crippen LogP contribution in [-0.2, 0) is 13.0 Å². The van der Waals surface area contributed by atoms with Gasteiger partial charge in [0, 0.05) is 42.6 Å². The van der Waals surface area contributed by atoms with Crippen molar-refractivity contribution in [1.29, 1.82) is 0 Å². The summed E-state index contributed by atoms with van der Waals surface area (Å²) in [5, 5.41) is 4.87. The molecule has 0 fully saturated rings. The summed E-state index contributed by atoms with van der Waals surface area (Å²) in [5.74, 6) is 0. The summed E-state index contributed by atoms with van der Waals surface area (Å²) in [6, 6.07) is 14.8. The summed E-state index contributed by atoms with van der Waals surface area (Å²) in [6.45, 7) is 14.0. The van der Waals surface area contributed by atoms with Crippen LogP contribution in [0.5, 0.6) is 0 Å². The molecule has 1 N–H and O–H groups in total. The zero-order valence-corrected chi connectivity index (χ0v) is 22.0. The van der Waals surface area contributed by atoms with Gasteiger partial charge in [0.15, 0.2) is 5.11 Å². The van der Waals surface area contributed by atoms with E-state index in [1.165, 1.54) is 36.2 Å². The molecule has 0 saturated heterocycles. The van der Waals surface area contributed by atoms with Crippen LogP contribution >= 0.6 is 23.8 Å². The molecule has 0 unspecified atom stereocenters. The Morgan fingerprint density at radius 3 is 2.64 bits per heavy atom. The summed E-state index contributed by atoms with van der Waals surface area (Å²) < 4.78 is 0. The van der Waals surface area contributed by atoms with Crippen LogP contribution in [0.4, 0.5) is 11.4 Å². The molecule has 0 saturated carbocycles. The van der Waals surface area contributed by atoms with Crippen LogP contribution in [-0.4, -0.2) is 54.2 Å². The van der Waals surface area contributed by atoms with E-state index >= 15 is 0 Å². The van der Waals surface area contributed by atoms with E-state index < -0.39 is 0 Å². The molecule has 0 spiro atoms. The van der Waals surface area contributed by atoms with Crippen LogP contribution in [0.2, 0.25) is 5.02 Å². The lowest BCUT2D eigenvalue weighted by atomic mass is 9.99. The molecule has 0 aliphatic carbocycles. The Labute approximate surface area is 210 Å². The maximum Gasteiger partial charge on any atom is 0.173 e. The number of rotatable bonds is 11. The summed E-state index contributed by atoms with van der Waals surface area (Å²) >= 11 is 12.0. The summed E-state index contributed by atoms with van der Waals surface area (Å²) in [5.41, 5.74) is 5.15. The quantitative estimate of drug-likeness (QED) is 0.368. The van der Waals surface area contributed by atoms with Gasteiger partial charge in [-0.15, -0.1) is 0 Å². The van der Waals surface area contributed by atoms with Crippen molar-refractivity contribution in [3.05, 3.63) is 58.6 Å². The van der Waals surface area contributed by atoms with Crippen molar-refractivity contribution in [2.24, 2.45) is 0 Å². The van der Waals surface area contributed by atoms with Crippen molar-refractivity contribution in [1.82, 2.24) is 9.80 Å². The zero-order valence-electron chi connectivity index (χ0n) is 20.4. The van der Waals surface area contributed by atoms with Gasteiger partial charge in [0.05, 0.1) is 0 Å². The second kappa shape index (κ2) is 13.2. The van der Waals surface area contributed by atoms with Gasteiger partial charge in [0.25, 0.3) is 0 Å². The molecule has 33 heavy (non-hydrogen) atoms. The number of aryl methyl sites for hydroxylation is 1. The molecule has 0 bridgehead atoms. The highest BCUT2D eigenvalue weighted by molar-refractivity contribution is 7.80. The maximum atomic E-state index is 6.18. The lowest BCUT2D eigenvalue weighted by Gasteiger charge is -2.32. The fourth-order valence-corrected chi connectivity index (χ4v) is 5.06. The number of hydrogen-bond acceptors (Lipinski definition) is 3. The molecule has 6 heteroatoms. The molecular formula is C27H39ClN4S. The van der Waals surface area contributed by atoms with Gasteiger partial charge in [-0.2, -0.15) is 0 Å². The molecule has 0 atom stereocenters. The highest BCUT2D eigenvalue weighted by Gasteiger charge is 2.18. The van der Waals surface area contributed by atoms with Crippen molar-refractivity contribution in [3.8, 4) is 0 Å². The Morgan fingerprint density at radius 1 is 1.09 bits per heavy atom. The number of halogens is 1. The van der Waals surface area contributed by atoms with Crippen molar-refractivity contribution in [2.75, 3.05) is 49.5 Å². The molecule has 4 nitrogen and oxygen atoms in total. The van der Waals surface area contributed by atoms with Crippen LogP contribution in [0.3, 0.4) is 0 Å². The second-order valence-corrected chi connectivity index (χ2v) is 9.62. The number of fused-ring (bicyclic) bond motifs is 1. The summed E-state index contributed by atoms with van der Waals surface area (Å²) in [7, 11) is 0. The van der Waals surface area contributed by atoms with Gasteiger partial charge < -0.3 is 20.0 Å². The second-order valence-electron chi connectivity index (χ2n) is 8.80. The van der Waals surface area contributed by atoms with Gasteiger partial charge in [-0.3, -0.25) is 0 Å². The van der Waals surface area contributed by atoms with E-state index in [4.69, 9.17) is 23.8 Å². The van der Waals surface area contributed by atoms with Gasteiger partial charge in [-0.1, -0.05) is 50.6 Å². The van der Waals surface area contributed by atoms with E-state index in [2.05, 4.69) is 59.0 Å². The van der Waals surface area contributed by atoms with Gasteiger partial charge in [-0.25, -0.2) is 0 Å². The number of anilines is 2. The predicted octanol–water partition coefficient (Wildman–Crippen LogP) is 6.43. The Hall–Kier alpha value is -1.82. The fraction of sp³-hybridized carbons (Fsp3) is 0.519. The van der Waals surface area contributed by atoms with Crippen molar-refractivity contribution in [3.63, 3.8) is 0 Å². The van der Waals surface area contributed by atoms with E-state index in [1.54, 1.807) is 0 Å². The molecule has 2 aromatic carbocycles. The first kappa shape index (κ1) is 25.8. The number of hydrogen-bond donors (Lipinski definition) is 1. The predicted molar refractivity (Wildman–Crippen MR) is 148 cm³/mol. The number of benzene rings is 2. The van der Waals surface area contributed by atoms with Gasteiger partial charge in [0.1, 0.15) is 0 Å². The van der Waals surface area contributed by atoms with Gasteiger partial charge in [0.2, 0.25) is 0 Å². The third-order valence-electron chi connectivity index (χ3n) is 6.39. The van der Waals surface area contributed by atoms with Crippen LogP contribution < -0.4 is 10.2 Å². The van der Waals surface area contributed by atoms with Crippen LogP contribution in [0, 0.1) is 0 Å². The zero-order chi connectivity index (χ0) is 23.6. The number of thiocarbonyl (C=S) groups is 1. The van der Waals surface area contributed by atoms with E-state index in [9.17, 15) is 0 Å². The summed E-state index contributed by atoms with van der Waals surface area (Å²) in [6.07, 6.45) is 4.66. The lowest BCUT2D eigenvalue weighted by Crippen LogP contribution is -2.37. The smallest absolute Gasteiger partial charge is 0.173 e. The Kier molecular flexibility index (Phi) is 10.3. The highest BCUT2D eigenvalue weighted by Crippen LogP contribution is 2.29. The van der Waals surface area contributed by atoms with Crippen LogP contribution in [0.25, 0.3) is 0 Å². The molecular weight excluding hydrogens is 448 g/mol. The third-order valence-corrected chi connectivity index (χ3v) is 6.98. The fourth-order valence-electron chi connectivity index (χ4n) is 4.60. The lowest BCUT2D eigenvalue weighted by molar-refractivity contribution is 0.281. The molecule has 0 aromatic heterocycles. The Bertz CT molecular complexity index is 899. The molecule has 1 aliphatic rings. The normalized spacial score (nSPS) is 13.2. The summed E-state index contributed by atoms with van der Waals surface area (Å²) in [4.78, 5) is 7.30. The minimum Gasteiger partial charge on any atom is -0.371 e. The molecule has 3 rings (SSSR count). The van der Waals surface area contributed by atoms with E-state index in [0.29, 0.717) is 5.02 Å². The molecule has 0 amide bonds.